The van der Waals surface area contributed by atoms with Crippen molar-refractivity contribution in [3.63, 3.8) is 0 Å². The molecule has 0 spiro atoms. The lowest BCUT2D eigenvalue weighted by Gasteiger charge is -2.22. The standard InChI is InChI=1S/C14H21NO2/c1-10(16)9-15-13(17)11-7-5-6-8-12(11)14(2,3)4/h5-8,10,16H,9H2,1-4H3,(H,15,17)/t10-/m1/s1. The summed E-state index contributed by atoms with van der Waals surface area (Å²) in [5.74, 6) is -0.128. The number of carbonyl (C=O) groups excluding carboxylic acids is 1. The molecule has 0 aliphatic heterocycles. The summed E-state index contributed by atoms with van der Waals surface area (Å²) in [6.45, 7) is 8.16. The van der Waals surface area contributed by atoms with Gasteiger partial charge in [-0.2, -0.15) is 0 Å². The van der Waals surface area contributed by atoms with Crippen LogP contribution < -0.4 is 5.32 Å². The fourth-order valence-electron chi connectivity index (χ4n) is 1.67. The van der Waals surface area contributed by atoms with Crippen LogP contribution in [0.25, 0.3) is 0 Å². The van der Waals surface area contributed by atoms with Crippen LogP contribution in [0.15, 0.2) is 24.3 Å². The minimum absolute atomic E-state index is 0.0707. The number of carbonyl (C=O) groups is 1. The van der Waals surface area contributed by atoms with Gasteiger partial charge < -0.3 is 10.4 Å². The maximum atomic E-state index is 12.0. The number of hydrogen-bond acceptors (Lipinski definition) is 2. The molecule has 1 amide bonds. The minimum Gasteiger partial charge on any atom is -0.392 e. The van der Waals surface area contributed by atoms with E-state index in [4.69, 9.17) is 5.11 Å². The van der Waals surface area contributed by atoms with Gasteiger partial charge in [-0.1, -0.05) is 39.0 Å². The van der Waals surface area contributed by atoms with E-state index in [9.17, 15) is 4.79 Å². The zero-order valence-corrected chi connectivity index (χ0v) is 10.9. The first-order chi connectivity index (χ1) is 7.82. The van der Waals surface area contributed by atoms with Crippen molar-refractivity contribution in [3.05, 3.63) is 35.4 Å². The lowest BCUT2D eigenvalue weighted by molar-refractivity contribution is 0.0922. The molecule has 0 saturated carbocycles. The molecule has 17 heavy (non-hydrogen) atoms. The third-order valence-electron chi connectivity index (χ3n) is 2.54. The molecule has 3 nitrogen and oxygen atoms in total. The molecule has 0 fully saturated rings. The maximum absolute atomic E-state index is 12.0. The van der Waals surface area contributed by atoms with Crippen molar-refractivity contribution in [2.24, 2.45) is 0 Å². The number of aliphatic hydroxyl groups excluding tert-OH is 1. The van der Waals surface area contributed by atoms with Crippen LogP contribution in [0, 0.1) is 0 Å². The van der Waals surface area contributed by atoms with E-state index in [1.165, 1.54) is 0 Å². The zero-order valence-electron chi connectivity index (χ0n) is 10.9. The summed E-state index contributed by atoms with van der Waals surface area (Å²) in [5, 5.41) is 11.9. The molecular weight excluding hydrogens is 214 g/mol. The SMILES string of the molecule is C[C@@H](O)CNC(=O)c1ccccc1C(C)(C)C. The molecule has 1 aromatic rings. The molecule has 0 radical (unpaired) electrons. The Labute approximate surface area is 103 Å². The molecular formula is C14H21NO2. The van der Waals surface area contributed by atoms with E-state index in [0.29, 0.717) is 5.56 Å². The molecule has 0 aliphatic rings. The average Bonchev–Trinajstić information content (AvgIpc) is 2.24. The van der Waals surface area contributed by atoms with E-state index in [-0.39, 0.29) is 17.9 Å². The van der Waals surface area contributed by atoms with Gasteiger partial charge in [0.1, 0.15) is 0 Å². The molecule has 0 aromatic heterocycles. The van der Waals surface area contributed by atoms with Crippen molar-refractivity contribution >= 4 is 5.91 Å². The summed E-state index contributed by atoms with van der Waals surface area (Å²) in [6, 6.07) is 7.58. The van der Waals surface area contributed by atoms with Gasteiger partial charge in [0.2, 0.25) is 0 Å². The van der Waals surface area contributed by atoms with Gasteiger partial charge in [0, 0.05) is 12.1 Å². The summed E-state index contributed by atoms with van der Waals surface area (Å²) in [7, 11) is 0. The number of nitrogens with one attached hydrogen (secondary N) is 1. The predicted molar refractivity (Wildman–Crippen MR) is 69.2 cm³/mol. The Kier molecular flexibility index (Phi) is 4.29. The molecule has 0 saturated heterocycles. The van der Waals surface area contributed by atoms with Crippen molar-refractivity contribution in [2.75, 3.05) is 6.54 Å². The van der Waals surface area contributed by atoms with Crippen LogP contribution in [0.4, 0.5) is 0 Å². The van der Waals surface area contributed by atoms with Gasteiger partial charge in [-0.25, -0.2) is 0 Å². The van der Waals surface area contributed by atoms with Gasteiger partial charge >= 0.3 is 0 Å². The molecule has 0 heterocycles. The number of benzene rings is 1. The molecule has 94 valence electrons. The number of amides is 1. The fourth-order valence-corrected chi connectivity index (χ4v) is 1.67. The second-order valence-electron chi connectivity index (χ2n) is 5.35. The molecule has 0 unspecified atom stereocenters. The average molecular weight is 235 g/mol. The van der Waals surface area contributed by atoms with E-state index in [1.54, 1.807) is 6.92 Å². The fraction of sp³-hybridized carbons (Fsp3) is 0.500. The number of rotatable bonds is 3. The highest BCUT2D eigenvalue weighted by atomic mass is 16.3. The topological polar surface area (TPSA) is 49.3 Å². The van der Waals surface area contributed by atoms with Crippen LogP contribution in [0.3, 0.4) is 0 Å². The maximum Gasteiger partial charge on any atom is 0.251 e. The molecule has 1 atom stereocenters. The highest BCUT2D eigenvalue weighted by Gasteiger charge is 2.20. The highest BCUT2D eigenvalue weighted by molar-refractivity contribution is 5.96. The van der Waals surface area contributed by atoms with Crippen molar-refractivity contribution in [2.45, 2.75) is 39.2 Å². The van der Waals surface area contributed by atoms with Gasteiger partial charge in [0.15, 0.2) is 0 Å². The van der Waals surface area contributed by atoms with Crippen molar-refractivity contribution in [1.29, 1.82) is 0 Å². The van der Waals surface area contributed by atoms with E-state index < -0.39 is 6.10 Å². The first kappa shape index (κ1) is 13.7. The van der Waals surface area contributed by atoms with Crippen molar-refractivity contribution < 1.29 is 9.90 Å². The number of aliphatic hydroxyl groups is 1. The highest BCUT2D eigenvalue weighted by Crippen LogP contribution is 2.25. The Morgan fingerprint density at radius 2 is 1.94 bits per heavy atom. The molecule has 0 bridgehead atoms. The van der Waals surface area contributed by atoms with Crippen LogP contribution in [0.2, 0.25) is 0 Å². The Morgan fingerprint density at radius 3 is 2.47 bits per heavy atom. The van der Waals surface area contributed by atoms with E-state index in [0.717, 1.165) is 5.56 Å². The van der Waals surface area contributed by atoms with Crippen LogP contribution in [-0.2, 0) is 5.41 Å². The van der Waals surface area contributed by atoms with Crippen LogP contribution in [0.1, 0.15) is 43.6 Å². The van der Waals surface area contributed by atoms with Gasteiger partial charge in [-0.15, -0.1) is 0 Å². The first-order valence-corrected chi connectivity index (χ1v) is 5.88. The second kappa shape index (κ2) is 5.32. The summed E-state index contributed by atoms with van der Waals surface area (Å²) < 4.78 is 0. The largest absolute Gasteiger partial charge is 0.392 e. The quantitative estimate of drug-likeness (QED) is 0.843. The van der Waals surface area contributed by atoms with Crippen LogP contribution >= 0.6 is 0 Å². The summed E-state index contributed by atoms with van der Waals surface area (Å²) in [5.41, 5.74) is 1.63. The monoisotopic (exact) mass is 235 g/mol. The first-order valence-electron chi connectivity index (χ1n) is 5.88. The van der Waals surface area contributed by atoms with Gasteiger partial charge in [-0.05, 0) is 24.0 Å². The molecule has 1 aromatic carbocycles. The van der Waals surface area contributed by atoms with E-state index in [1.807, 2.05) is 24.3 Å². The number of hydrogen-bond donors (Lipinski definition) is 2. The zero-order chi connectivity index (χ0) is 13.1. The molecule has 0 aliphatic carbocycles. The Hall–Kier alpha value is -1.35. The summed E-state index contributed by atoms with van der Waals surface area (Å²) in [6.07, 6.45) is -0.527. The molecule has 3 heteroatoms. The van der Waals surface area contributed by atoms with Crippen LogP contribution in [0.5, 0.6) is 0 Å². The second-order valence-corrected chi connectivity index (χ2v) is 5.35. The summed E-state index contributed by atoms with van der Waals surface area (Å²) in [4.78, 5) is 12.0. The molecule has 2 N–H and O–H groups in total. The van der Waals surface area contributed by atoms with Gasteiger partial charge in [-0.3, -0.25) is 4.79 Å². The van der Waals surface area contributed by atoms with Gasteiger partial charge in [0.25, 0.3) is 5.91 Å². The van der Waals surface area contributed by atoms with E-state index in [2.05, 4.69) is 26.1 Å². The van der Waals surface area contributed by atoms with E-state index >= 15 is 0 Å². The Balaban J connectivity index is 2.94. The third kappa shape index (κ3) is 3.86. The Morgan fingerprint density at radius 1 is 1.35 bits per heavy atom. The third-order valence-corrected chi connectivity index (χ3v) is 2.54. The van der Waals surface area contributed by atoms with Crippen LogP contribution in [-0.4, -0.2) is 23.7 Å². The summed E-state index contributed by atoms with van der Waals surface area (Å²) >= 11 is 0. The molecule has 1 rings (SSSR count). The van der Waals surface area contributed by atoms with Crippen molar-refractivity contribution in [1.82, 2.24) is 5.32 Å². The normalized spacial score (nSPS) is 13.2. The Bertz CT molecular complexity index is 391. The van der Waals surface area contributed by atoms with Crippen molar-refractivity contribution in [3.8, 4) is 0 Å². The lowest BCUT2D eigenvalue weighted by atomic mass is 9.83. The minimum atomic E-state index is -0.527. The lowest BCUT2D eigenvalue weighted by Crippen LogP contribution is -2.32. The smallest absolute Gasteiger partial charge is 0.251 e. The predicted octanol–water partition coefficient (Wildman–Crippen LogP) is 2.09. The van der Waals surface area contributed by atoms with Gasteiger partial charge in [0.05, 0.1) is 6.10 Å².